The van der Waals surface area contributed by atoms with Crippen LogP contribution in [0, 0.1) is 0 Å². The highest BCUT2D eigenvalue weighted by molar-refractivity contribution is 7.15. The quantitative estimate of drug-likeness (QED) is 0.563. The molecular weight excluding hydrogens is 436 g/mol. The van der Waals surface area contributed by atoms with Crippen LogP contribution in [0.3, 0.4) is 0 Å². The highest BCUT2D eigenvalue weighted by atomic mass is 32.1. The van der Waals surface area contributed by atoms with E-state index < -0.39 is 11.9 Å². The summed E-state index contributed by atoms with van der Waals surface area (Å²) < 4.78 is 2.04. The number of amides is 3. The summed E-state index contributed by atoms with van der Waals surface area (Å²) in [6.45, 7) is 2.56. The lowest BCUT2D eigenvalue weighted by atomic mass is 10.0. The third-order valence-electron chi connectivity index (χ3n) is 6.35. The number of fused-ring (bicyclic) bond motifs is 1. The molecule has 1 aromatic carbocycles. The van der Waals surface area contributed by atoms with Gasteiger partial charge in [0, 0.05) is 42.2 Å². The molecule has 1 unspecified atom stereocenters. The van der Waals surface area contributed by atoms with E-state index in [1.807, 2.05) is 36.0 Å². The summed E-state index contributed by atoms with van der Waals surface area (Å²) in [5, 5.41) is 2.34. The minimum absolute atomic E-state index is 0.161. The first kappa shape index (κ1) is 21.6. The molecular formula is C25H26N4O3S. The van der Waals surface area contributed by atoms with Crippen LogP contribution in [-0.2, 0) is 29.6 Å². The molecule has 0 bridgehead atoms. The van der Waals surface area contributed by atoms with Crippen LogP contribution >= 0.6 is 11.3 Å². The minimum Gasteiger partial charge on any atom is -0.333 e. The van der Waals surface area contributed by atoms with E-state index >= 15 is 0 Å². The van der Waals surface area contributed by atoms with Crippen molar-refractivity contribution in [1.29, 1.82) is 0 Å². The number of aryl methyl sites for hydroxylation is 2. The molecule has 3 amide bonds. The molecule has 1 fully saturated rings. The molecule has 3 aromatic rings. The summed E-state index contributed by atoms with van der Waals surface area (Å²) in [4.78, 5) is 45.7. The van der Waals surface area contributed by atoms with Crippen LogP contribution in [0.1, 0.15) is 53.4 Å². The highest BCUT2D eigenvalue weighted by Gasteiger charge is 2.39. The lowest BCUT2D eigenvalue weighted by Gasteiger charge is -2.29. The summed E-state index contributed by atoms with van der Waals surface area (Å²) in [5.74, 6) is 0.0959. The Balaban J connectivity index is 1.38. The summed E-state index contributed by atoms with van der Waals surface area (Å²) >= 11 is 1.79. The molecule has 2 aromatic heterocycles. The van der Waals surface area contributed by atoms with Crippen molar-refractivity contribution in [2.45, 2.75) is 51.6 Å². The second-order valence-corrected chi connectivity index (χ2v) is 9.87. The van der Waals surface area contributed by atoms with Gasteiger partial charge in [-0.1, -0.05) is 19.4 Å². The summed E-state index contributed by atoms with van der Waals surface area (Å²) in [6, 6.07) is 9.45. The number of hydrogen-bond acceptors (Lipinski definition) is 5. The monoisotopic (exact) mass is 462 g/mol. The maximum absolute atomic E-state index is 12.9. The van der Waals surface area contributed by atoms with Gasteiger partial charge >= 0.3 is 0 Å². The van der Waals surface area contributed by atoms with Crippen molar-refractivity contribution in [2.75, 3.05) is 0 Å². The highest BCUT2D eigenvalue weighted by Crippen LogP contribution is 2.33. The van der Waals surface area contributed by atoms with E-state index in [0.29, 0.717) is 18.5 Å². The van der Waals surface area contributed by atoms with Crippen LogP contribution in [0.5, 0.6) is 0 Å². The number of aromatic nitrogens is 2. The van der Waals surface area contributed by atoms with Crippen molar-refractivity contribution in [1.82, 2.24) is 19.8 Å². The number of carbonyl (C=O) groups is 3. The van der Waals surface area contributed by atoms with Crippen molar-refractivity contribution in [2.24, 2.45) is 7.05 Å². The van der Waals surface area contributed by atoms with Gasteiger partial charge in [0.1, 0.15) is 6.04 Å². The van der Waals surface area contributed by atoms with Gasteiger partial charge in [-0.2, -0.15) is 0 Å². The summed E-state index contributed by atoms with van der Waals surface area (Å²) in [6.07, 6.45) is 6.10. The van der Waals surface area contributed by atoms with Gasteiger partial charge in [0.15, 0.2) is 5.82 Å². The Morgan fingerprint density at radius 2 is 2.03 bits per heavy atom. The van der Waals surface area contributed by atoms with Crippen LogP contribution in [0.15, 0.2) is 36.5 Å². The molecule has 4 heterocycles. The number of nitrogens with zero attached hydrogens (tertiary/aromatic N) is 3. The minimum atomic E-state index is -0.603. The molecule has 1 N–H and O–H groups in total. The average Bonchev–Trinajstić information content (AvgIpc) is 3.49. The molecule has 5 rings (SSSR count). The third kappa shape index (κ3) is 3.99. The van der Waals surface area contributed by atoms with E-state index in [9.17, 15) is 14.4 Å². The van der Waals surface area contributed by atoms with Crippen LogP contribution in [0.4, 0.5) is 0 Å². The Morgan fingerprint density at radius 3 is 2.82 bits per heavy atom. The number of nitrogens with one attached hydrogen (secondary N) is 1. The second kappa shape index (κ2) is 8.59. The maximum Gasteiger partial charge on any atom is 0.255 e. The molecule has 0 aliphatic carbocycles. The first-order chi connectivity index (χ1) is 15.9. The number of imide groups is 1. The zero-order valence-corrected chi connectivity index (χ0v) is 19.6. The van der Waals surface area contributed by atoms with Gasteiger partial charge in [-0.05, 0) is 49.1 Å². The van der Waals surface area contributed by atoms with Gasteiger partial charge in [-0.25, -0.2) is 4.98 Å². The summed E-state index contributed by atoms with van der Waals surface area (Å²) in [5.41, 5.74) is 3.29. The van der Waals surface area contributed by atoms with Gasteiger partial charge in [0.25, 0.3) is 5.91 Å². The molecule has 170 valence electrons. The fraction of sp³-hybridized carbons (Fsp3) is 0.360. The topological polar surface area (TPSA) is 84.3 Å². The second-order valence-electron chi connectivity index (χ2n) is 8.70. The Kier molecular flexibility index (Phi) is 5.62. The van der Waals surface area contributed by atoms with Crippen LogP contribution in [0.25, 0.3) is 22.0 Å². The van der Waals surface area contributed by atoms with Gasteiger partial charge < -0.3 is 9.47 Å². The SMILES string of the molecule is CCCCc1ccc(-c2nc(-c3ccc4c(c3)CN(C3CCC(=O)NC3=O)C4=O)cn2C)s1. The summed E-state index contributed by atoms with van der Waals surface area (Å²) in [7, 11) is 2.00. The molecule has 7 nitrogen and oxygen atoms in total. The first-order valence-corrected chi connectivity index (χ1v) is 12.2. The Labute approximate surface area is 196 Å². The number of imidazole rings is 1. The molecule has 2 aliphatic rings. The Hall–Kier alpha value is -3.26. The zero-order valence-electron chi connectivity index (χ0n) is 18.8. The van der Waals surface area contributed by atoms with Crippen molar-refractivity contribution in [3.05, 3.63) is 52.5 Å². The van der Waals surface area contributed by atoms with Gasteiger partial charge in [-0.15, -0.1) is 11.3 Å². The largest absolute Gasteiger partial charge is 0.333 e. The molecule has 1 atom stereocenters. The fourth-order valence-electron chi connectivity index (χ4n) is 4.55. The molecule has 0 spiro atoms. The number of piperidine rings is 1. The number of rotatable bonds is 6. The first-order valence-electron chi connectivity index (χ1n) is 11.3. The van der Waals surface area contributed by atoms with E-state index in [1.165, 1.54) is 17.7 Å². The van der Waals surface area contributed by atoms with Gasteiger partial charge in [0.2, 0.25) is 11.8 Å². The molecule has 0 saturated carbocycles. The van der Waals surface area contributed by atoms with Crippen molar-refractivity contribution in [3.63, 3.8) is 0 Å². The predicted octanol–water partition coefficient (Wildman–Crippen LogP) is 3.92. The van der Waals surface area contributed by atoms with Gasteiger partial charge in [-0.3, -0.25) is 19.7 Å². The number of thiophene rings is 1. The average molecular weight is 463 g/mol. The predicted molar refractivity (Wildman–Crippen MR) is 127 cm³/mol. The smallest absolute Gasteiger partial charge is 0.255 e. The number of carbonyl (C=O) groups excluding carboxylic acids is 3. The van der Waals surface area contributed by atoms with Crippen molar-refractivity contribution in [3.8, 4) is 22.0 Å². The van der Waals surface area contributed by atoms with E-state index in [-0.39, 0.29) is 18.2 Å². The van der Waals surface area contributed by atoms with Gasteiger partial charge in [0.05, 0.1) is 10.6 Å². The lowest BCUT2D eigenvalue weighted by Crippen LogP contribution is -2.52. The standard InChI is InChI=1S/C25H26N4O3S/c1-3-4-5-17-7-10-21(33-17)23-26-19(14-28(23)2)15-6-8-18-16(12-15)13-29(25(18)32)20-9-11-22(30)27-24(20)31/h6-8,10,12,14,20H,3-5,9,11,13H2,1-2H3,(H,27,30,31). The normalized spacial score (nSPS) is 18.1. The van der Waals surface area contributed by atoms with Crippen LogP contribution in [0.2, 0.25) is 0 Å². The van der Waals surface area contributed by atoms with E-state index in [2.05, 4.69) is 24.4 Å². The number of benzene rings is 1. The van der Waals surface area contributed by atoms with E-state index in [1.54, 1.807) is 16.2 Å². The number of unbranched alkanes of at least 4 members (excludes halogenated alkanes) is 1. The van der Waals surface area contributed by atoms with Crippen LogP contribution in [-0.4, -0.2) is 38.2 Å². The number of hydrogen-bond donors (Lipinski definition) is 1. The van der Waals surface area contributed by atoms with E-state index in [4.69, 9.17) is 4.98 Å². The molecule has 1 saturated heterocycles. The third-order valence-corrected chi connectivity index (χ3v) is 7.50. The zero-order chi connectivity index (χ0) is 23.1. The molecule has 8 heteroatoms. The lowest BCUT2D eigenvalue weighted by molar-refractivity contribution is -0.136. The molecule has 0 radical (unpaired) electrons. The van der Waals surface area contributed by atoms with E-state index in [0.717, 1.165) is 33.9 Å². The molecule has 2 aliphatic heterocycles. The Morgan fingerprint density at radius 1 is 1.18 bits per heavy atom. The van der Waals surface area contributed by atoms with Crippen LogP contribution < -0.4 is 5.32 Å². The van der Waals surface area contributed by atoms with Crippen molar-refractivity contribution >= 4 is 29.1 Å². The molecule has 33 heavy (non-hydrogen) atoms. The maximum atomic E-state index is 12.9. The Bertz CT molecular complexity index is 1260. The fourth-order valence-corrected chi connectivity index (χ4v) is 5.63. The van der Waals surface area contributed by atoms with Crippen molar-refractivity contribution < 1.29 is 14.4 Å².